The number of unbranched alkanes of at least 4 members (excludes halogenated alkanes) is 14. The molecule has 3 heteroatoms. The molecular weight excluding hydrogens is 324 g/mol. The number of rotatable bonds is 22. The summed E-state index contributed by atoms with van der Waals surface area (Å²) in [6.45, 7) is 6.66. The molecule has 3 nitrogen and oxygen atoms in total. The summed E-state index contributed by atoms with van der Waals surface area (Å²) >= 11 is 0. The van der Waals surface area contributed by atoms with Gasteiger partial charge in [0.05, 0.1) is 13.2 Å². The van der Waals surface area contributed by atoms with E-state index in [4.69, 9.17) is 9.47 Å². The van der Waals surface area contributed by atoms with Crippen LogP contribution in [0.25, 0.3) is 0 Å². The van der Waals surface area contributed by atoms with E-state index in [1.54, 1.807) is 0 Å². The molecule has 158 valence electrons. The highest BCUT2D eigenvalue weighted by Gasteiger charge is 2.07. The molecule has 0 aromatic heterocycles. The van der Waals surface area contributed by atoms with Crippen molar-refractivity contribution in [2.24, 2.45) is 0 Å². The van der Waals surface area contributed by atoms with Crippen molar-refractivity contribution in [2.75, 3.05) is 26.4 Å². The highest BCUT2D eigenvalue weighted by Crippen LogP contribution is 2.10. The van der Waals surface area contributed by atoms with Crippen molar-refractivity contribution in [1.29, 1.82) is 0 Å². The number of aliphatic hydroxyl groups excluding tert-OH is 1. The van der Waals surface area contributed by atoms with Crippen LogP contribution >= 0.6 is 0 Å². The summed E-state index contributed by atoms with van der Waals surface area (Å²) in [5, 5.41) is 9.39. The molecule has 0 amide bonds. The van der Waals surface area contributed by atoms with E-state index in [9.17, 15) is 5.11 Å². The second-order valence-electron chi connectivity index (χ2n) is 7.70. The Morgan fingerprint density at radius 3 is 1.46 bits per heavy atom. The summed E-state index contributed by atoms with van der Waals surface area (Å²) in [6, 6.07) is 0. The van der Waals surface area contributed by atoms with E-state index in [0.717, 1.165) is 26.1 Å². The summed E-state index contributed by atoms with van der Waals surface area (Å²) in [4.78, 5) is 0. The molecule has 0 bridgehead atoms. The van der Waals surface area contributed by atoms with Gasteiger partial charge >= 0.3 is 0 Å². The van der Waals surface area contributed by atoms with Crippen LogP contribution in [0.5, 0.6) is 0 Å². The minimum atomic E-state index is -0.145. The summed E-state index contributed by atoms with van der Waals surface area (Å²) in [5.41, 5.74) is 0. The Kier molecular flexibility index (Phi) is 22.8. The quantitative estimate of drug-likeness (QED) is 0.216. The molecule has 0 saturated carbocycles. The van der Waals surface area contributed by atoms with Crippen LogP contribution in [-0.4, -0.2) is 37.6 Å². The molecular formula is C23H48O3. The second-order valence-corrected chi connectivity index (χ2v) is 7.70. The van der Waals surface area contributed by atoms with Gasteiger partial charge < -0.3 is 14.6 Å². The third kappa shape index (κ3) is 20.2. The predicted molar refractivity (Wildman–Crippen MR) is 113 cm³/mol. The van der Waals surface area contributed by atoms with Gasteiger partial charge in [0, 0.05) is 13.2 Å². The number of aliphatic hydroxyl groups is 1. The van der Waals surface area contributed by atoms with Crippen molar-refractivity contribution in [2.45, 2.75) is 123 Å². The van der Waals surface area contributed by atoms with Crippen LogP contribution in [0.15, 0.2) is 0 Å². The summed E-state index contributed by atoms with van der Waals surface area (Å²) in [6.07, 6.45) is 20.9. The third-order valence-electron chi connectivity index (χ3n) is 5.00. The summed E-state index contributed by atoms with van der Waals surface area (Å²) in [7, 11) is 0. The van der Waals surface area contributed by atoms with E-state index in [0.29, 0.717) is 6.61 Å². The molecule has 26 heavy (non-hydrogen) atoms. The Morgan fingerprint density at radius 1 is 0.577 bits per heavy atom. The molecule has 0 aliphatic rings. The molecule has 0 aliphatic heterocycles. The minimum absolute atomic E-state index is 0.0639. The first kappa shape index (κ1) is 25.9. The standard InChI is InChI=1S/C23H48O3/c1-3-5-7-9-11-13-15-17-19-25-22-23(21-24)26-20-18-16-14-12-10-8-6-4-2/h23-24H,3-22H2,1-2H3/t23-/m1/s1. The molecule has 1 N–H and O–H groups in total. The molecule has 0 aliphatic carbocycles. The van der Waals surface area contributed by atoms with Gasteiger partial charge in [0.2, 0.25) is 0 Å². The Labute approximate surface area is 164 Å². The molecule has 0 spiro atoms. The Hall–Kier alpha value is -0.120. The topological polar surface area (TPSA) is 38.7 Å². The van der Waals surface area contributed by atoms with Crippen LogP contribution in [0.3, 0.4) is 0 Å². The van der Waals surface area contributed by atoms with Crippen molar-refractivity contribution in [1.82, 2.24) is 0 Å². The lowest BCUT2D eigenvalue weighted by molar-refractivity contribution is -0.0437. The van der Waals surface area contributed by atoms with E-state index in [1.807, 2.05) is 0 Å². The third-order valence-corrected chi connectivity index (χ3v) is 5.00. The molecule has 0 aromatic rings. The van der Waals surface area contributed by atoms with Crippen LogP contribution in [0.1, 0.15) is 117 Å². The average molecular weight is 373 g/mol. The lowest BCUT2D eigenvalue weighted by Crippen LogP contribution is -2.24. The van der Waals surface area contributed by atoms with Crippen LogP contribution in [0, 0.1) is 0 Å². The molecule has 0 unspecified atom stereocenters. The van der Waals surface area contributed by atoms with Crippen molar-refractivity contribution >= 4 is 0 Å². The maximum absolute atomic E-state index is 9.39. The predicted octanol–water partition coefficient (Wildman–Crippen LogP) is 6.66. The normalized spacial score (nSPS) is 12.6. The summed E-state index contributed by atoms with van der Waals surface area (Å²) < 4.78 is 11.4. The van der Waals surface area contributed by atoms with Gasteiger partial charge in [0.1, 0.15) is 6.10 Å². The van der Waals surface area contributed by atoms with Crippen LogP contribution in [0.2, 0.25) is 0 Å². The van der Waals surface area contributed by atoms with Gasteiger partial charge in [-0.2, -0.15) is 0 Å². The highest BCUT2D eigenvalue weighted by atomic mass is 16.5. The fourth-order valence-electron chi connectivity index (χ4n) is 3.19. The van der Waals surface area contributed by atoms with Gasteiger partial charge in [0.15, 0.2) is 0 Å². The van der Waals surface area contributed by atoms with E-state index < -0.39 is 0 Å². The van der Waals surface area contributed by atoms with Gasteiger partial charge in [-0.1, -0.05) is 104 Å². The molecule has 0 radical (unpaired) electrons. The maximum Gasteiger partial charge on any atom is 0.104 e. The van der Waals surface area contributed by atoms with Crippen molar-refractivity contribution in [3.8, 4) is 0 Å². The Bertz CT molecular complexity index is 246. The zero-order valence-corrected chi connectivity index (χ0v) is 18.0. The highest BCUT2D eigenvalue weighted by molar-refractivity contribution is 4.55. The van der Waals surface area contributed by atoms with Crippen molar-refractivity contribution in [3.05, 3.63) is 0 Å². The first-order valence-electron chi connectivity index (χ1n) is 11.6. The Balaban J connectivity index is 3.28. The van der Waals surface area contributed by atoms with Gasteiger partial charge in [0.25, 0.3) is 0 Å². The van der Waals surface area contributed by atoms with E-state index >= 15 is 0 Å². The number of hydrogen-bond donors (Lipinski definition) is 1. The van der Waals surface area contributed by atoms with Crippen LogP contribution in [0.4, 0.5) is 0 Å². The molecule has 0 heterocycles. The number of hydrogen-bond acceptors (Lipinski definition) is 3. The summed E-state index contributed by atoms with van der Waals surface area (Å²) in [5.74, 6) is 0. The van der Waals surface area contributed by atoms with Gasteiger partial charge in [-0.3, -0.25) is 0 Å². The molecule has 0 aromatic carbocycles. The lowest BCUT2D eigenvalue weighted by Gasteiger charge is -2.15. The Morgan fingerprint density at radius 2 is 1.00 bits per heavy atom. The fraction of sp³-hybridized carbons (Fsp3) is 1.00. The molecule has 0 fully saturated rings. The molecule has 0 rings (SSSR count). The SMILES string of the molecule is CCCCCCCCCCOC[C@@H](CO)OCCCCCCCCCC. The number of ether oxygens (including phenoxy) is 2. The van der Waals surface area contributed by atoms with E-state index in [-0.39, 0.29) is 12.7 Å². The lowest BCUT2D eigenvalue weighted by atomic mass is 10.1. The largest absolute Gasteiger partial charge is 0.394 e. The van der Waals surface area contributed by atoms with Crippen LogP contribution in [-0.2, 0) is 9.47 Å². The molecule has 0 saturated heterocycles. The first-order chi connectivity index (χ1) is 12.8. The minimum Gasteiger partial charge on any atom is -0.394 e. The van der Waals surface area contributed by atoms with Gasteiger partial charge in [-0.25, -0.2) is 0 Å². The van der Waals surface area contributed by atoms with Crippen molar-refractivity contribution in [3.63, 3.8) is 0 Å². The van der Waals surface area contributed by atoms with Gasteiger partial charge in [-0.05, 0) is 12.8 Å². The van der Waals surface area contributed by atoms with E-state index in [1.165, 1.54) is 89.9 Å². The maximum atomic E-state index is 9.39. The second kappa shape index (κ2) is 22.9. The average Bonchev–Trinajstić information content (AvgIpc) is 2.66. The first-order valence-corrected chi connectivity index (χ1v) is 11.6. The van der Waals surface area contributed by atoms with Gasteiger partial charge in [-0.15, -0.1) is 0 Å². The monoisotopic (exact) mass is 372 g/mol. The zero-order valence-electron chi connectivity index (χ0n) is 18.0. The van der Waals surface area contributed by atoms with Crippen molar-refractivity contribution < 1.29 is 14.6 Å². The zero-order chi connectivity index (χ0) is 19.1. The van der Waals surface area contributed by atoms with E-state index in [2.05, 4.69) is 13.8 Å². The molecule has 1 atom stereocenters. The smallest absolute Gasteiger partial charge is 0.104 e. The van der Waals surface area contributed by atoms with Crippen LogP contribution < -0.4 is 0 Å². The fourth-order valence-corrected chi connectivity index (χ4v) is 3.19.